The average molecular weight is 393 g/mol. The highest BCUT2D eigenvalue weighted by Gasteiger charge is 2.09. The van der Waals surface area contributed by atoms with Crippen molar-refractivity contribution in [2.75, 3.05) is 11.9 Å². The summed E-state index contributed by atoms with van der Waals surface area (Å²) in [6.07, 6.45) is 9.59. The Hall–Kier alpha value is -3.15. The van der Waals surface area contributed by atoms with Crippen molar-refractivity contribution in [1.29, 1.82) is 0 Å². The minimum atomic E-state index is -0.297. The Morgan fingerprint density at radius 1 is 1.10 bits per heavy atom. The molecule has 0 fully saturated rings. The molecule has 1 aliphatic carbocycles. The third-order valence-electron chi connectivity index (χ3n) is 5.01. The Morgan fingerprint density at radius 3 is 2.59 bits per heavy atom. The number of nitrogens with one attached hydrogen (secondary N) is 2. The van der Waals surface area contributed by atoms with Crippen molar-refractivity contribution in [1.82, 2.24) is 9.88 Å². The molecule has 0 atom stereocenters. The molecule has 2 aromatic rings. The first-order valence-electron chi connectivity index (χ1n) is 10.0. The lowest BCUT2D eigenvalue weighted by Crippen LogP contribution is -2.27. The number of anilines is 1. The molecule has 0 spiro atoms. The summed E-state index contributed by atoms with van der Waals surface area (Å²) in [6.45, 7) is 2.41. The van der Waals surface area contributed by atoms with Crippen molar-refractivity contribution in [3.05, 3.63) is 75.7 Å². The van der Waals surface area contributed by atoms with Gasteiger partial charge in [-0.15, -0.1) is 0 Å². The second kappa shape index (κ2) is 9.87. The van der Waals surface area contributed by atoms with Gasteiger partial charge in [-0.05, 0) is 74.9 Å². The van der Waals surface area contributed by atoms with Gasteiger partial charge in [-0.2, -0.15) is 0 Å². The molecule has 3 rings (SSSR count). The van der Waals surface area contributed by atoms with Gasteiger partial charge >= 0.3 is 0 Å². The van der Waals surface area contributed by atoms with Crippen LogP contribution in [-0.2, 0) is 11.3 Å². The van der Waals surface area contributed by atoms with Gasteiger partial charge in [-0.3, -0.25) is 14.4 Å². The molecule has 0 bridgehead atoms. The first-order valence-corrected chi connectivity index (χ1v) is 10.0. The molecule has 2 N–H and O–H groups in total. The number of aryl methyl sites for hydroxylation is 1. The maximum absolute atomic E-state index is 12.3. The van der Waals surface area contributed by atoms with Gasteiger partial charge in [0.15, 0.2) is 0 Å². The molecule has 29 heavy (non-hydrogen) atoms. The normalized spacial score (nSPS) is 13.5. The molecule has 1 heterocycles. The Kier molecular flexibility index (Phi) is 7.00. The summed E-state index contributed by atoms with van der Waals surface area (Å²) in [4.78, 5) is 36.3. The number of benzene rings is 1. The number of aromatic nitrogens is 1. The van der Waals surface area contributed by atoms with Gasteiger partial charge in [0.05, 0.1) is 0 Å². The molecular formula is C23H27N3O3. The number of hydrogen-bond donors (Lipinski definition) is 2. The lowest BCUT2D eigenvalue weighted by molar-refractivity contribution is -0.116. The molecule has 1 aromatic heterocycles. The van der Waals surface area contributed by atoms with Gasteiger partial charge in [0.2, 0.25) is 5.91 Å². The van der Waals surface area contributed by atoms with Crippen molar-refractivity contribution in [3.63, 3.8) is 0 Å². The van der Waals surface area contributed by atoms with Crippen LogP contribution in [0.1, 0.15) is 48.0 Å². The fraction of sp³-hybridized carbons (Fsp3) is 0.348. The van der Waals surface area contributed by atoms with Crippen LogP contribution in [0.3, 0.4) is 0 Å². The summed E-state index contributed by atoms with van der Waals surface area (Å²) in [7, 11) is 0. The second-order valence-corrected chi connectivity index (χ2v) is 7.41. The van der Waals surface area contributed by atoms with Crippen LogP contribution in [0, 0.1) is 6.92 Å². The molecule has 152 valence electrons. The van der Waals surface area contributed by atoms with Crippen LogP contribution in [0.25, 0.3) is 0 Å². The number of rotatable bonds is 7. The molecule has 0 saturated carbocycles. The van der Waals surface area contributed by atoms with E-state index in [4.69, 9.17) is 0 Å². The van der Waals surface area contributed by atoms with Crippen LogP contribution in [0.15, 0.2) is 59.0 Å². The van der Waals surface area contributed by atoms with E-state index in [1.54, 1.807) is 36.5 Å². The highest BCUT2D eigenvalue weighted by atomic mass is 16.2. The molecule has 6 nitrogen and oxygen atoms in total. The van der Waals surface area contributed by atoms with E-state index in [2.05, 4.69) is 16.7 Å². The van der Waals surface area contributed by atoms with E-state index in [0.717, 1.165) is 24.8 Å². The van der Waals surface area contributed by atoms with Gasteiger partial charge < -0.3 is 15.2 Å². The van der Waals surface area contributed by atoms with E-state index >= 15 is 0 Å². The topological polar surface area (TPSA) is 80.2 Å². The van der Waals surface area contributed by atoms with Crippen molar-refractivity contribution in [2.45, 2.75) is 45.6 Å². The van der Waals surface area contributed by atoms with Gasteiger partial charge in [-0.25, -0.2) is 0 Å². The van der Waals surface area contributed by atoms with Gasteiger partial charge in [0, 0.05) is 30.1 Å². The zero-order chi connectivity index (χ0) is 20.6. The van der Waals surface area contributed by atoms with Crippen LogP contribution < -0.4 is 16.2 Å². The minimum Gasteiger partial charge on any atom is -0.352 e. The lowest BCUT2D eigenvalue weighted by Gasteiger charge is -2.13. The van der Waals surface area contributed by atoms with Gasteiger partial charge in [0.1, 0.15) is 6.54 Å². The van der Waals surface area contributed by atoms with Crippen molar-refractivity contribution in [3.8, 4) is 0 Å². The third kappa shape index (κ3) is 6.17. The molecule has 2 amide bonds. The first kappa shape index (κ1) is 20.6. The van der Waals surface area contributed by atoms with Crippen LogP contribution in [0.2, 0.25) is 0 Å². The van der Waals surface area contributed by atoms with Crippen molar-refractivity contribution in [2.24, 2.45) is 0 Å². The molecule has 0 radical (unpaired) electrons. The monoisotopic (exact) mass is 393 g/mol. The van der Waals surface area contributed by atoms with E-state index in [-0.39, 0.29) is 23.9 Å². The Balaban J connectivity index is 1.48. The zero-order valence-electron chi connectivity index (χ0n) is 16.7. The molecule has 1 aromatic carbocycles. The summed E-state index contributed by atoms with van der Waals surface area (Å²) in [5.41, 5.74) is 3.21. The number of hydrogen-bond acceptors (Lipinski definition) is 3. The molecule has 0 aliphatic heterocycles. The molecule has 6 heteroatoms. The van der Waals surface area contributed by atoms with E-state index < -0.39 is 0 Å². The maximum Gasteiger partial charge on any atom is 0.251 e. The lowest BCUT2D eigenvalue weighted by atomic mass is 9.97. The predicted octanol–water partition coefficient (Wildman–Crippen LogP) is 3.42. The number of carbonyl (C=O) groups is 2. The number of nitrogens with zero attached hydrogens (tertiary/aromatic N) is 1. The van der Waals surface area contributed by atoms with E-state index in [1.165, 1.54) is 29.0 Å². The van der Waals surface area contributed by atoms with E-state index in [9.17, 15) is 14.4 Å². The molecule has 0 saturated heterocycles. The molecular weight excluding hydrogens is 366 g/mol. The zero-order valence-corrected chi connectivity index (χ0v) is 16.7. The summed E-state index contributed by atoms with van der Waals surface area (Å²) < 4.78 is 1.35. The fourth-order valence-corrected chi connectivity index (χ4v) is 3.37. The van der Waals surface area contributed by atoms with Gasteiger partial charge in [0.25, 0.3) is 11.5 Å². The predicted molar refractivity (Wildman–Crippen MR) is 114 cm³/mol. The smallest absolute Gasteiger partial charge is 0.251 e. The molecule has 0 unspecified atom stereocenters. The van der Waals surface area contributed by atoms with Crippen LogP contribution in [-0.4, -0.2) is 22.9 Å². The highest BCUT2D eigenvalue weighted by Crippen LogP contribution is 2.19. The highest BCUT2D eigenvalue weighted by molar-refractivity contribution is 5.95. The van der Waals surface area contributed by atoms with E-state index in [1.807, 2.05) is 6.92 Å². The van der Waals surface area contributed by atoms with Crippen LogP contribution in [0.4, 0.5) is 5.69 Å². The average Bonchev–Trinajstić information content (AvgIpc) is 2.71. The van der Waals surface area contributed by atoms with Crippen molar-refractivity contribution >= 4 is 17.5 Å². The summed E-state index contributed by atoms with van der Waals surface area (Å²) >= 11 is 0. The first-order chi connectivity index (χ1) is 14.0. The summed E-state index contributed by atoms with van der Waals surface area (Å²) in [5.74, 6) is -0.417. The Labute approximate surface area is 170 Å². The Morgan fingerprint density at radius 2 is 1.90 bits per heavy atom. The third-order valence-corrected chi connectivity index (χ3v) is 5.01. The van der Waals surface area contributed by atoms with Crippen LogP contribution in [0.5, 0.6) is 0 Å². The van der Waals surface area contributed by atoms with Crippen molar-refractivity contribution < 1.29 is 9.59 Å². The number of pyridine rings is 1. The largest absolute Gasteiger partial charge is 0.352 e. The SMILES string of the molecule is Cc1ccn(CC(=O)Nc2ccc(C(=O)NCCC3=CCCCC3)cc2)c(=O)c1. The Bertz CT molecular complexity index is 958. The number of allylic oxidation sites excluding steroid dienone is 1. The second-order valence-electron chi connectivity index (χ2n) is 7.41. The van der Waals surface area contributed by atoms with Gasteiger partial charge in [-0.1, -0.05) is 11.6 Å². The summed E-state index contributed by atoms with van der Waals surface area (Å²) in [5, 5.41) is 5.69. The van der Waals surface area contributed by atoms with E-state index in [0.29, 0.717) is 17.8 Å². The fourth-order valence-electron chi connectivity index (χ4n) is 3.37. The number of carbonyl (C=O) groups excluding carboxylic acids is 2. The minimum absolute atomic E-state index is 0.0583. The summed E-state index contributed by atoms with van der Waals surface area (Å²) in [6, 6.07) is 10.0. The maximum atomic E-state index is 12.3. The quantitative estimate of drug-likeness (QED) is 0.708. The standard InChI is InChI=1S/C23H27N3O3/c1-17-12-14-26(22(28)15-17)16-21(27)25-20-9-7-19(8-10-20)23(29)24-13-11-18-5-3-2-4-6-18/h5,7-10,12,14-15H,2-4,6,11,13,16H2,1H3,(H,24,29)(H,25,27). The molecule has 1 aliphatic rings. The number of amides is 2. The van der Waals surface area contributed by atoms with Crippen LogP contribution >= 0.6 is 0 Å².